The van der Waals surface area contributed by atoms with Gasteiger partial charge in [0.1, 0.15) is 5.60 Å². The monoisotopic (exact) mass is 222 g/mol. The molecule has 0 radical (unpaired) electrons. The van der Waals surface area contributed by atoms with Crippen LogP contribution in [0.1, 0.15) is 46.0 Å². The molecule has 0 aromatic carbocycles. The van der Waals surface area contributed by atoms with Gasteiger partial charge in [-0.15, -0.1) is 0 Å². The van der Waals surface area contributed by atoms with Crippen molar-refractivity contribution in [2.45, 2.75) is 57.2 Å². The summed E-state index contributed by atoms with van der Waals surface area (Å²) in [4.78, 5) is 0. The van der Waals surface area contributed by atoms with E-state index in [4.69, 9.17) is 4.74 Å². The second-order valence-corrected chi connectivity index (χ2v) is 6.31. The van der Waals surface area contributed by atoms with E-state index in [1.54, 1.807) is 12.7 Å². The standard InChI is InChI=1S/C14H22O2/c1-10-4-5-11-8-14(16-3)7-6-13(10,11)9-12(14,2)15/h8,10,15H,4-7,9H2,1-3H3/t10?,12-,13+,14-/m0/s1. The molecule has 2 fully saturated rings. The van der Waals surface area contributed by atoms with E-state index < -0.39 is 11.2 Å². The van der Waals surface area contributed by atoms with E-state index in [0.717, 1.165) is 18.8 Å². The first-order valence-electron chi connectivity index (χ1n) is 6.46. The summed E-state index contributed by atoms with van der Waals surface area (Å²) < 4.78 is 5.69. The molecule has 1 spiro atoms. The van der Waals surface area contributed by atoms with Crippen LogP contribution in [0.5, 0.6) is 0 Å². The Morgan fingerprint density at radius 1 is 1.44 bits per heavy atom. The van der Waals surface area contributed by atoms with Crippen LogP contribution in [0.3, 0.4) is 0 Å². The molecule has 0 amide bonds. The highest BCUT2D eigenvalue weighted by Gasteiger charge is 2.63. The summed E-state index contributed by atoms with van der Waals surface area (Å²) in [6.07, 6.45) is 7.82. The maximum Gasteiger partial charge on any atom is 0.114 e. The zero-order valence-electron chi connectivity index (χ0n) is 10.5. The number of aliphatic hydroxyl groups is 1. The Morgan fingerprint density at radius 2 is 2.19 bits per heavy atom. The van der Waals surface area contributed by atoms with Gasteiger partial charge in [-0.1, -0.05) is 18.6 Å². The van der Waals surface area contributed by atoms with Crippen molar-refractivity contribution in [1.82, 2.24) is 0 Å². The van der Waals surface area contributed by atoms with E-state index in [-0.39, 0.29) is 0 Å². The van der Waals surface area contributed by atoms with Gasteiger partial charge in [-0.25, -0.2) is 0 Å². The Labute approximate surface area is 97.7 Å². The summed E-state index contributed by atoms with van der Waals surface area (Å²) >= 11 is 0. The smallest absolute Gasteiger partial charge is 0.114 e. The molecule has 1 N–H and O–H groups in total. The number of hydrogen-bond donors (Lipinski definition) is 1. The van der Waals surface area contributed by atoms with Gasteiger partial charge in [0.2, 0.25) is 0 Å². The first kappa shape index (κ1) is 10.8. The molecule has 4 atom stereocenters. The molecule has 1 unspecified atom stereocenters. The van der Waals surface area contributed by atoms with E-state index in [2.05, 4.69) is 13.0 Å². The van der Waals surface area contributed by atoms with E-state index in [1.165, 1.54) is 19.3 Å². The third kappa shape index (κ3) is 1.01. The minimum absolute atomic E-state index is 0.295. The Bertz CT molecular complexity index is 358. The molecule has 2 nitrogen and oxygen atoms in total. The van der Waals surface area contributed by atoms with Crippen molar-refractivity contribution in [3.05, 3.63) is 11.6 Å². The molecule has 0 aromatic heterocycles. The zero-order valence-corrected chi connectivity index (χ0v) is 10.5. The van der Waals surface area contributed by atoms with Crippen LogP contribution in [0, 0.1) is 11.3 Å². The van der Waals surface area contributed by atoms with Crippen molar-refractivity contribution in [2.24, 2.45) is 11.3 Å². The van der Waals surface area contributed by atoms with Crippen LogP contribution < -0.4 is 0 Å². The van der Waals surface area contributed by atoms with Crippen LogP contribution in [-0.2, 0) is 4.74 Å². The maximum atomic E-state index is 10.7. The van der Waals surface area contributed by atoms with E-state index in [1.807, 2.05) is 6.92 Å². The molecule has 0 saturated heterocycles. The predicted molar refractivity (Wildman–Crippen MR) is 63.1 cm³/mol. The highest BCUT2D eigenvalue weighted by atomic mass is 16.5. The molecule has 0 aromatic rings. The Morgan fingerprint density at radius 3 is 2.81 bits per heavy atom. The van der Waals surface area contributed by atoms with Gasteiger partial charge in [-0.3, -0.25) is 0 Å². The van der Waals surface area contributed by atoms with Crippen LogP contribution in [0.25, 0.3) is 0 Å². The predicted octanol–water partition coefficient (Wildman–Crippen LogP) is 2.66. The molecule has 90 valence electrons. The van der Waals surface area contributed by atoms with Gasteiger partial charge in [-0.05, 0) is 50.4 Å². The Hall–Kier alpha value is -0.340. The third-order valence-electron chi connectivity index (χ3n) is 5.72. The number of fused-ring (bicyclic) bond motifs is 2. The number of allylic oxidation sites excluding steroid dienone is 1. The van der Waals surface area contributed by atoms with Crippen molar-refractivity contribution >= 4 is 0 Å². The summed E-state index contributed by atoms with van der Waals surface area (Å²) in [7, 11) is 1.74. The van der Waals surface area contributed by atoms with Crippen molar-refractivity contribution in [2.75, 3.05) is 7.11 Å². The summed E-state index contributed by atoms with van der Waals surface area (Å²) in [6, 6.07) is 0. The lowest BCUT2D eigenvalue weighted by molar-refractivity contribution is -0.191. The summed E-state index contributed by atoms with van der Waals surface area (Å²) in [6.45, 7) is 4.30. The fourth-order valence-electron chi connectivity index (χ4n) is 4.54. The molecule has 2 bridgehead atoms. The highest BCUT2D eigenvalue weighted by molar-refractivity contribution is 5.37. The molecular formula is C14H22O2. The molecule has 0 heterocycles. The van der Waals surface area contributed by atoms with Crippen molar-refractivity contribution in [3.8, 4) is 0 Å². The fourth-order valence-corrected chi connectivity index (χ4v) is 4.54. The lowest BCUT2D eigenvalue weighted by Crippen LogP contribution is -2.62. The number of hydrogen-bond acceptors (Lipinski definition) is 2. The van der Waals surface area contributed by atoms with E-state index in [9.17, 15) is 5.11 Å². The zero-order chi connectivity index (χ0) is 11.6. The Balaban J connectivity index is 2.14. The molecule has 16 heavy (non-hydrogen) atoms. The maximum absolute atomic E-state index is 10.7. The van der Waals surface area contributed by atoms with Gasteiger partial charge < -0.3 is 9.84 Å². The van der Waals surface area contributed by atoms with Crippen LogP contribution in [0.2, 0.25) is 0 Å². The van der Waals surface area contributed by atoms with Crippen molar-refractivity contribution in [1.29, 1.82) is 0 Å². The van der Waals surface area contributed by atoms with Crippen molar-refractivity contribution in [3.63, 3.8) is 0 Å². The third-order valence-corrected chi connectivity index (χ3v) is 5.72. The van der Waals surface area contributed by atoms with Gasteiger partial charge >= 0.3 is 0 Å². The average molecular weight is 222 g/mol. The van der Waals surface area contributed by atoms with Gasteiger partial charge in [0.25, 0.3) is 0 Å². The van der Waals surface area contributed by atoms with Crippen LogP contribution in [0.15, 0.2) is 11.6 Å². The first-order chi connectivity index (χ1) is 7.46. The van der Waals surface area contributed by atoms with Crippen LogP contribution in [0.4, 0.5) is 0 Å². The van der Waals surface area contributed by atoms with Gasteiger partial charge in [-0.2, -0.15) is 0 Å². The fraction of sp³-hybridized carbons (Fsp3) is 0.857. The topological polar surface area (TPSA) is 29.5 Å². The molecule has 0 aliphatic heterocycles. The van der Waals surface area contributed by atoms with E-state index >= 15 is 0 Å². The second kappa shape index (κ2) is 2.91. The van der Waals surface area contributed by atoms with Gasteiger partial charge in [0, 0.05) is 7.11 Å². The summed E-state index contributed by atoms with van der Waals surface area (Å²) in [5.74, 6) is 0.723. The van der Waals surface area contributed by atoms with Gasteiger partial charge in [0.15, 0.2) is 0 Å². The van der Waals surface area contributed by atoms with E-state index in [0.29, 0.717) is 5.41 Å². The van der Waals surface area contributed by atoms with Crippen molar-refractivity contribution < 1.29 is 9.84 Å². The Kier molecular flexibility index (Phi) is 1.96. The summed E-state index contributed by atoms with van der Waals surface area (Å²) in [5.41, 5.74) is 0.764. The number of methoxy groups -OCH3 is 1. The minimum Gasteiger partial charge on any atom is -0.387 e. The SMILES string of the molecule is CO[C@]12C=C3CCC(C)[C@@]3(CC1)C[C@]2(C)O. The highest BCUT2D eigenvalue weighted by Crippen LogP contribution is 2.65. The molecule has 4 aliphatic carbocycles. The lowest BCUT2D eigenvalue weighted by Gasteiger charge is -2.58. The van der Waals surface area contributed by atoms with Gasteiger partial charge in [0.05, 0.1) is 5.60 Å². The number of rotatable bonds is 1. The second-order valence-electron chi connectivity index (χ2n) is 6.31. The van der Waals surface area contributed by atoms with Crippen LogP contribution in [-0.4, -0.2) is 23.4 Å². The lowest BCUT2D eigenvalue weighted by atomic mass is 9.52. The quantitative estimate of drug-likeness (QED) is 0.691. The minimum atomic E-state index is -0.692. The normalized spacial score (nSPS) is 55.0. The molecule has 2 heteroatoms. The molecule has 4 rings (SSSR count). The first-order valence-corrected chi connectivity index (χ1v) is 6.46. The molecule has 2 saturated carbocycles. The average Bonchev–Trinajstić information content (AvgIpc) is 2.55. The molecular weight excluding hydrogens is 200 g/mol. The largest absolute Gasteiger partial charge is 0.387 e. The van der Waals surface area contributed by atoms with Crippen LogP contribution >= 0.6 is 0 Å². The molecule has 4 aliphatic rings. The number of ether oxygens (including phenoxy) is 1. The summed E-state index contributed by atoms with van der Waals surface area (Å²) in [5, 5.41) is 10.7.